The summed E-state index contributed by atoms with van der Waals surface area (Å²) in [6.45, 7) is 3.93. The molecule has 9 nitrogen and oxygen atoms in total. The van der Waals surface area contributed by atoms with E-state index in [0.29, 0.717) is 35.4 Å². The number of nitrogens with zero attached hydrogens (tertiary/aromatic N) is 2. The molecule has 2 aliphatic heterocycles. The standard InChI is InChI=1S/C19H23N5O4/c1-12-8-17(25)23-19(20-12)22-13-4-6-24(7-5-13)10-18(26)21-14-2-3-15-16(9-14)28-11-27-15/h2-3,8-9,13H,4-7,10-11H2,1H3,(H,21,26)(H2,20,22,23,25). The summed E-state index contributed by atoms with van der Waals surface area (Å²) in [7, 11) is 0. The van der Waals surface area contributed by atoms with Gasteiger partial charge in [-0.2, -0.15) is 0 Å². The molecule has 28 heavy (non-hydrogen) atoms. The maximum absolute atomic E-state index is 12.3. The zero-order valence-electron chi connectivity index (χ0n) is 15.7. The minimum atomic E-state index is -0.160. The van der Waals surface area contributed by atoms with Crippen LogP contribution in [0, 0.1) is 6.92 Å². The molecule has 0 aliphatic carbocycles. The molecule has 1 fully saturated rings. The number of rotatable bonds is 5. The van der Waals surface area contributed by atoms with Crippen molar-refractivity contribution in [2.24, 2.45) is 0 Å². The number of fused-ring (bicyclic) bond motifs is 1. The number of aryl methyl sites for hydroxylation is 1. The van der Waals surface area contributed by atoms with Crippen molar-refractivity contribution in [2.75, 3.05) is 37.1 Å². The molecule has 0 saturated carbocycles. The molecule has 3 N–H and O–H groups in total. The van der Waals surface area contributed by atoms with Gasteiger partial charge in [-0.1, -0.05) is 0 Å². The quantitative estimate of drug-likeness (QED) is 0.712. The Morgan fingerprint density at radius 2 is 2.04 bits per heavy atom. The number of hydrogen-bond donors (Lipinski definition) is 3. The number of benzene rings is 1. The number of likely N-dealkylation sites (tertiary alicyclic amines) is 1. The van der Waals surface area contributed by atoms with E-state index in [1.54, 1.807) is 25.1 Å². The van der Waals surface area contributed by atoms with E-state index >= 15 is 0 Å². The first-order chi connectivity index (χ1) is 13.5. The zero-order chi connectivity index (χ0) is 19.5. The number of piperidine rings is 1. The van der Waals surface area contributed by atoms with Crippen LogP contribution in [0.4, 0.5) is 11.6 Å². The van der Waals surface area contributed by atoms with E-state index in [0.717, 1.165) is 25.9 Å². The highest BCUT2D eigenvalue weighted by Crippen LogP contribution is 2.34. The number of aromatic amines is 1. The van der Waals surface area contributed by atoms with E-state index in [2.05, 4.69) is 25.5 Å². The lowest BCUT2D eigenvalue weighted by Gasteiger charge is -2.31. The van der Waals surface area contributed by atoms with Crippen molar-refractivity contribution in [2.45, 2.75) is 25.8 Å². The Hall–Kier alpha value is -3.07. The largest absolute Gasteiger partial charge is 0.454 e. The third kappa shape index (κ3) is 4.42. The van der Waals surface area contributed by atoms with Crippen molar-refractivity contribution < 1.29 is 14.3 Å². The molecule has 1 amide bonds. The van der Waals surface area contributed by atoms with Crippen LogP contribution in [-0.4, -0.2) is 53.2 Å². The second-order valence-corrected chi connectivity index (χ2v) is 7.05. The molecular weight excluding hydrogens is 362 g/mol. The lowest BCUT2D eigenvalue weighted by molar-refractivity contribution is -0.117. The topological polar surface area (TPSA) is 109 Å². The van der Waals surface area contributed by atoms with Crippen molar-refractivity contribution in [3.63, 3.8) is 0 Å². The van der Waals surface area contributed by atoms with Gasteiger partial charge in [-0.05, 0) is 31.9 Å². The number of nitrogens with one attached hydrogen (secondary N) is 3. The summed E-state index contributed by atoms with van der Waals surface area (Å²) in [6, 6.07) is 7.05. The Morgan fingerprint density at radius 3 is 2.82 bits per heavy atom. The third-order valence-electron chi connectivity index (χ3n) is 4.82. The molecule has 1 aromatic heterocycles. The van der Waals surface area contributed by atoms with Gasteiger partial charge in [0.15, 0.2) is 11.5 Å². The zero-order valence-corrected chi connectivity index (χ0v) is 15.7. The highest BCUT2D eigenvalue weighted by molar-refractivity contribution is 5.92. The molecular formula is C19H23N5O4. The molecule has 0 atom stereocenters. The molecule has 1 aromatic carbocycles. The number of anilines is 2. The van der Waals surface area contributed by atoms with Crippen molar-refractivity contribution in [3.8, 4) is 11.5 Å². The van der Waals surface area contributed by atoms with Crippen LogP contribution in [0.5, 0.6) is 11.5 Å². The van der Waals surface area contributed by atoms with E-state index in [1.165, 1.54) is 6.07 Å². The van der Waals surface area contributed by atoms with E-state index in [-0.39, 0.29) is 24.3 Å². The van der Waals surface area contributed by atoms with Crippen LogP contribution >= 0.6 is 0 Å². The van der Waals surface area contributed by atoms with Gasteiger partial charge in [-0.3, -0.25) is 19.5 Å². The number of carbonyl (C=O) groups is 1. The first kappa shape index (κ1) is 18.3. The highest BCUT2D eigenvalue weighted by atomic mass is 16.7. The van der Waals surface area contributed by atoms with E-state index < -0.39 is 0 Å². The van der Waals surface area contributed by atoms with Crippen LogP contribution in [0.25, 0.3) is 0 Å². The average Bonchev–Trinajstić information content (AvgIpc) is 3.10. The minimum Gasteiger partial charge on any atom is -0.454 e. The Balaban J connectivity index is 1.25. The number of hydrogen-bond acceptors (Lipinski definition) is 7. The minimum absolute atomic E-state index is 0.0602. The lowest BCUT2D eigenvalue weighted by atomic mass is 10.1. The smallest absolute Gasteiger partial charge is 0.252 e. The van der Waals surface area contributed by atoms with Crippen LogP contribution in [0.3, 0.4) is 0 Å². The van der Waals surface area contributed by atoms with Gasteiger partial charge in [-0.25, -0.2) is 4.98 Å². The molecule has 1 saturated heterocycles. The Labute approximate surface area is 162 Å². The number of aromatic nitrogens is 2. The predicted octanol–water partition coefficient (Wildman–Crippen LogP) is 1.32. The summed E-state index contributed by atoms with van der Waals surface area (Å²) in [4.78, 5) is 33.0. The molecule has 2 aliphatic rings. The fraction of sp³-hybridized carbons (Fsp3) is 0.421. The van der Waals surface area contributed by atoms with E-state index in [9.17, 15) is 9.59 Å². The summed E-state index contributed by atoms with van der Waals surface area (Å²) in [5, 5.41) is 6.18. The molecule has 0 unspecified atom stereocenters. The maximum atomic E-state index is 12.3. The number of amides is 1. The van der Waals surface area contributed by atoms with Crippen LogP contribution in [0.2, 0.25) is 0 Å². The SMILES string of the molecule is Cc1cc(=O)[nH]c(NC2CCN(CC(=O)Nc3ccc4c(c3)OCO4)CC2)n1. The van der Waals surface area contributed by atoms with Crippen molar-refractivity contribution in [1.82, 2.24) is 14.9 Å². The lowest BCUT2D eigenvalue weighted by Crippen LogP contribution is -2.43. The van der Waals surface area contributed by atoms with E-state index in [1.807, 2.05) is 0 Å². The Morgan fingerprint density at radius 1 is 1.25 bits per heavy atom. The van der Waals surface area contributed by atoms with Gasteiger partial charge in [0.2, 0.25) is 18.6 Å². The molecule has 9 heteroatoms. The normalized spacial score (nSPS) is 16.8. The first-order valence-electron chi connectivity index (χ1n) is 9.31. The first-order valence-corrected chi connectivity index (χ1v) is 9.31. The van der Waals surface area contributed by atoms with Gasteiger partial charge in [0.1, 0.15) is 0 Å². The number of carbonyl (C=O) groups excluding carboxylic acids is 1. The van der Waals surface area contributed by atoms with Crippen molar-refractivity contribution >= 4 is 17.5 Å². The molecule has 4 rings (SSSR count). The fourth-order valence-corrected chi connectivity index (χ4v) is 3.45. The van der Waals surface area contributed by atoms with Gasteiger partial charge in [-0.15, -0.1) is 0 Å². The maximum Gasteiger partial charge on any atom is 0.252 e. The average molecular weight is 385 g/mol. The second kappa shape index (κ2) is 7.89. The summed E-state index contributed by atoms with van der Waals surface area (Å²) in [5.41, 5.74) is 1.22. The van der Waals surface area contributed by atoms with Crippen LogP contribution < -0.4 is 25.7 Å². The summed E-state index contributed by atoms with van der Waals surface area (Å²) < 4.78 is 10.6. The molecule has 0 spiro atoms. The monoisotopic (exact) mass is 385 g/mol. The van der Waals surface area contributed by atoms with E-state index in [4.69, 9.17) is 9.47 Å². The molecule has 2 aromatic rings. The molecule has 0 bridgehead atoms. The predicted molar refractivity (Wildman–Crippen MR) is 104 cm³/mol. The Bertz CT molecular complexity index is 921. The van der Waals surface area contributed by atoms with Crippen LogP contribution in [-0.2, 0) is 4.79 Å². The highest BCUT2D eigenvalue weighted by Gasteiger charge is 2.22. The van der Waals surface area contributed by atoms with Crippen LogP contribution in [0.1, 0.15) is 18.5 Å². The third-order valence-corrected chi connectivity index (χ3v) is 4.82. The molecule has 148 valence electrons. The fourth-order valence-electron chi connectivity index (χ4n) is 3.45. The number of H-pyrrole nitrogens is 1. The Kier molecular flexibility index (Phi) is 5.16. The second-order valence-electron chi connectivity index (χ2n) is 7.05. The van der Waals surface area contributed by atoms with Gasteiger partial charge < -0.3 is 20.1 Å². The van der Waals surface area contributed by atoms with Crippen molar-refractivity contribution in [1.29, 1.82) is 0 Å². The van der Waals surface area contributed by atoms with Crippen molar-refractivity contribution in [3.05, 3.63) is 40.3 Å². The van der Waals surface area contributed by atoms with Gasteiger partial charge >= 0.3 is 0 Å². The number of ether oxygens (including phenoxy) is 2. The summed E-state index contributed by atoms with van der Waals surface area (Å²) in [6.07, 6.45) is 1.74. The molecule has 0 radical (unpaired) electrons. The van der Waals surface area contributed by atoms with Crippen LogP contribution in [0.15, 0.2) is 29.1 Å². The van der Waals surface area contributed by atoms with Gasteiger partial charge in [0.05, 0.1) is 6.54 Å². The summed E-state index contributed by atoms with van der Waals surface area (Å²) >= 11 is 0. The summed E-state index contributed by atoms with van der Waals surface area (Å²) in [5.74, 6) is 1.78. The molecule has 3 heterocycles. The van der Waals surface area contributed by atoms with Gasteiger partial charge in [0, 0.05) is 42.6 Å². The van der Waals surface area contributed by atoms with Gasteiger partial charge in [0.25, 0.3) is 5.56 Å².